The Kier molecular flexibility index (Phi) is 5.18. The Labute approximate surface area is 122 Å². The maximum atomic E-state index is 12.5. The van der Waals surface area contributed by atoms with Crippen LogP contribution in [0.25, 0.3) is 0 Å². The molecule has 1 aliphatic heterocycles. The largest absolute Gasteiger partial charge is 0.314 e. The lowest BCUT2D eigenvalue weighted by atomic mass is 10.1. The Morgan fingerprint density at radius 2 is 1.80 bits per heavy atom. The highest BCUT2D eigenvalue weighted by Gasteiger charge is 2.28. The van der Waals surface area contributed by atoms with Gasteiger partial charge in [-0.15, -0.1) is 0 Å². The molecule has 0 atom stereocenters. The maximum Gasteiger partial charge on any atom is 0.243 e. The van der Waals surface area contributed by atoms with Crippen LogP contribution in [0.1, 0.15) is 31.7 Å². The third-order valence-corrected chi connectivity index (χ3v) is 5.71. The fourth-order valence-electron chi connectivity index (χ4n) is 2.51. The van der Waals surface area contributed by atoms with Gasteiger partial charge in [-0.05, 0) is 44.9 Å². The highest BCUT2D eigenvalue weighted by Crippen LogP contribution is 2.21. The topological polar surface area (TPSA) is 49.4 Å². The monoisotopic (exact) mass is 296 g/mol. The second-order valence-corrected chi connectivity index (χ2v) is 7.38. The summed E-state index contributed by atoms with van der Waals surface area (Å²) in [6.07, 6.45) is 2.90. The molecule has 0 amide bonds. The van der Waals surface area contributed by atoms with Crippen LogP contribution in [0, 0.1) is 6.92 Å². The summed E-state index contributed by atoms with van der Waals surface area (Å²) < 4.78 is 26.7. The molecule has 1 saturated heterocycles. The molecular formula is C15H24N2O2S. The predicted octanol–water partition coefficient (Wildman–Crippen LogP) is 2.15. The number of benzene rings is 1. The summed E-state index contributed by atoms with van der Waals surface area (Å²) in [5.41, 5.74) is 1.08. The van der Waals surface area contributed by atoms with Gasteiger partial charge in [-0.25, -0.2) is 8.42 Å². The molecule has 112 valence electrons. The number of sulfonamides is 1. The number of nitrogens with zero attached hydrogens (tertiary/aromatic N) is 1. The number of nitrogens with one attached hydrogen (secondary N) is 1. The summed E-state index contributed by atoms with van der Waals surface area (Å²) in [7, 11) is -3.32. The van der Waals surface area contributed by atoms with Gasteiger partial charge >= 0.3 is 0 Å². The Balaban J connectivity index is 2.00. The smallest absolute Gasteiger partial charge is 0.243 e. The van der Waals surface area contributed by atoms with Crippen LogP contribution in [-0.4, -0.2) is 38.4 Å². The first-order valence-corrected chi connectivity index (χ1v) is 8.78. The lowest BCUT2D eigenvalue weighted by molar-refractivity contribution is 0.290. The van der Waals surface area contributed by atoms with E-state index in [9.17, 15) is 8.42 Å². The summed E-state index contributed by atoms with van der Waals surface area (Å²) in [6.45, 7) is 6.33. The summed E-state index contributed by atoms with van der Waals surface area (Å²) >= 11 is 0. The van der Waals surface area contributed by atoms with Gasteiger partial charge in [0.15, 0.2) is 0 Å². The van der Waals surface area contributed by atoms with Crippen molar-refractivity contribution in [3.63, 3.8) is 0 Å². The second kappa shape index (κ2) is 6.70. The first-order chi connectivity index (χ1) is 9.54. The van der Waals surface area contributed by atoms with Crippen molar-refractivity contribution in [2.24, 2.45) is 0 Å². The molecule has 0 unspecified atom stereocenters. The molecule has 1 aliphatic rings. The molecule has 0 aromatic heterocycles. The first-order valence-electron chi connectivity index (χ1n) is 7.34. The fraction of sp³-hybridized carbons (Fsp3) is 0.600. The molecule has 1 aromatic rings. The van der Waals surface area contributed by atoms with Gasteiger partial charge in [0.05, 0.1) is 4.90 Å². The molecule has 2 rings (SSSR count). The highest BCUT2D eigenvalue weighted by atomic mass is 32.2. The van der Waals surface area contributed by atoms with E-state index in [2.05, 4.69) is 12.2 Å². The van der Waals surface area contributed by atoms with Crippen molar-refractivity contribution in [2.45, 2.75) is 44.0 Å². The fourth-order valence-corrected chi connectivity index (χ4v) is 3.98. The van der Waals surface area contributed by atoms with E-state index < -0.39 is 10.0 Å². The van der Waals surface area contributed by atoms with Crippen molar-refractivity contribution in [2.75, 3.05) is 19.6 Å². The van der Waals surface area contributed by atoms with E-state index in [0.29, 0.717) is 24.0 Å². The van der Waals surface area contributed by atoms with E-state index in [1.807, 2.05) is 19.1 Å². The quantitative estimate of drug-likeness (QED) is 0.906. The van der Waals surface area contributed by atoms with Gasteiger partial charge in [-0.2, -0.15) is 4.31 Å². The van der Waals surface area contributed by atoms with Gasteiger partial charge in [0, 0.05) is 19.1 Å². The van der Waals surface area contributed by atoms with Crippen LogP contribution in [0.5, 0.6) is 0 Å². The molecular weight excluding hydrogens is 272 g/mol. The molecule has 1 N–H and O–H groups in total. The van der Waals surface area contributed by atoms with E-state index in [1.165, 1.54) is 0 Å². The van der Waals surface area contributed by atoms with Crippen LogP contribution in [-0.2, 0) is 10.0 Å². The zero-order valence-electron chi connectivity index (χ0n) is 12.3. The van der Waals surface area contributed by atoms with Gasteiger partial charge < -0.3 is 5.32 Å². The molecule has 0 aliphatic carbocycles. The van der Waals surface area contributed by atoms with Gasteiger partial charge in [0.25, 0.3) is 0 Å². The Morgan fingerprint density at radius 1 is 1.20 bits per heavy atom. The summed E-state index contributed by atoms with van der Waals surface area (Å²) in [5.74, 6) is 0. The molecule has 1 fully saturated rings. The summed E-state index contributed by atoms with van der Waals surface area (Å²) in [5, 5.41) is 3.47. The van der Waals surface area contributed by atoms with Crippen molar-refractivity contribution in [1.29, 1.82) is 0 Å². The van der Waals surface area contributed by atoms with Crippen molar-refractivity contribution >= 4 is 10.0 Å². The Bertz CT molecular complexity index is 517. The summed E-state index contributed by atoms with van der Waals surface area (Å²) in [6, 6.07) is 7.56. The van der Waals surface area contributed by atoms with E-state index >= 15 is 0 Å². The van der Waals surface area contributed by atoms with Gasteiger partial charge in [-0.1, -0.05) is 24.6 Å². The molecule has 20 heavy (non-hydrogen) atoms. The van der Waals surface area contributed by atoms with E-state index in [-0.39, 0.29) is 0 Å². The zero-order chi connectivity index (χ0) is 14.6. The third-order valence-electron chi connectivity index (χ3n) is 3.80. The van der Waals surface area contributed by atoms with Crippen LogP contribution in [0.4, 0.5) is 0 Å². The van der Waals surface area contributed by atoms with Crippen LogP contribution >= 0.6 is 0 Å². The molecule has 0 bridgehead atoms. The van der Waals surface area contributed by atoms with E-state index in [0.717, 1.165) is 31.4 Å². The number of hydrogen-bond donors (Lipinski definition) is 1. The van der Waals surface area contributed by atoms with Crippen molar-refractivity contribution in [1.82, 2.24) is 9.62 Å². The molecule has 0 spiro atoms. The number of rotatable bonds is 5. The van der Waals surface area contributed by atoms with E-state index in [1.54, 1.807) is 16.4 Å². The predicted molar refractivity (Wildman–Crippen MR) is 81.3 cm³/mol. The lowest BCUT2D eigenvalue weighted by Crippen LogP contribution is -2.45. The van der Waals surface area contributed by atoms with Crippen molar-refractivity contribution in [3.8, 4) is 0 Å². The minimum absolute atomic E-state index is 0.406. The summed E-state index contributed by atoms with van der Waals surface area (Å²) in [4.78, 5) is 0.406. The van der Waals surface area contributed by atoms with Crippen LogP contribution < -0.4 is 5.32 Å². The number of aryl methyl sites for hydroxylation is 1. The van der Waals surface area contributed by atoms with Crippen LogP contribution in [0.2, 0.25) is 0 Å². The van der Waals surface area contributed by atoms with Crippen LogP contribution in [0.3, 0.4) is 0 Å². The van der Waals surface area contributed by atoms with Crippen molar-refractivity contribution < 1.29 is 8.42 Å². The van der Waals surface area contributed by atoms with Crippen molar-refractivity contribution in [3.05, 3.63) is 29.8 Å². The molecule has 0 saturated carbocycles. The molecule has 1 heterocycles. The van der Waals surface area contributed by atoms with Crippen LogP contribution in [0.15, 0.2) is 29.2 Å². The van der Waals surface area contributed by atoms with Gasteiger partial charge in [0.2, 0.25) is 10.0 Å². The SMILES string of the molecule is CCCNC1CCN(S(=O)(=O)c2ccc(C)cc2)CC1. The number of piperidine rings is 1. The average molecular weight is 296 g/mol. The first kappa shape index (κ1) is 15.5. The highest BCUT2D eigenvalue weighted by molar-refractivity contribution is 7.89. The molecule has 1 aromatic carbocycles. The third kappa shape index (κ3) is 3.59. The normalized spacial score (nSPS) is 18.3. The maximum absolute atomic E-state index is 12.5. The number of hydrogen-bond acceptors (Lipinski definition) is 3. The molecule has 0 radical (unpaired) electrons. The van der Waals surface area contributed by atoms with Gasteiger partial charge in [0.1, 0.15) is 0 Å². The average Bonchev–Trinajstić information content (AvgIpc) is 2.46. The van der Waals surface area contributed by atoms with Gasteiger partial charge in [-0.3, -0.25) is 0 Å². The second-order valence-electron chi connectivity index (χ2n) is 5.45. The molecule has 5 heteroatoms. The lowest BCUT2D eigenvalue weighted by Gasteiger charge is -2.31. The minimum Gasteiger partial charge on any atom is -0.314 e. The molecule has 4 nitrogen and oxygen atoms in total. The Hall–Kier alpha value is -0.910. The standard InChI is InChI=1S/C15H24N2O2S/c1-3-10-16-14-8-11-17(12-9-14)20(18,19)15-6-4-13(2)5-7-15/h4-7,14,16H,3,8-12H2,1-2H3. The minimum atomic E-state index is -3.32. The zero-order valence-corrected chi connectivity index (χ0v) is 13.1. The van der Waals surface area contributed by atoms with E-state index in [4.69, 9.17) is 0 Å². The Morgan fingerprint density at radius 3 is 2.35 bits per heavy atom.